The first-order valence-electron chi connectivity index (χ1n) is 12.1. The van der Waals surface area contributed by atoms with Gasteiger partial charge in [-0.15, -0.1) is 0 Å². The van der Waals surface area contributed by atoms with E-state index in [1.54, 1.807) is 25.3 Å². The van der Waals surface area contributed by atoms with E-state index in [-0.39, 0.29) is 11.3 Å². The standard InChI is InChI=1S/C30H31NO5/c1-6-36-24-9-7-8-21(17-24)27-26(28(32)22-12-15-25(35-5)19(4)16-22)29(33)30(34)31(27)23-13-10-20(11-14-23)18(2)3/h7-18,27,32H,6H2,1-5H3/b28-26+. The molecule has 1 atom stereocenters. The Balaban J connectivity index is 1.91. The van der Waals surface area contributed by atoms with Crippen molar-refractivity contribution in [2.45, 2.75) is 39.7 Å². The molecule has 6 nitrogen and oxygen atoms in total. The highest BCUT2D eigenvalue weighted by Crippen LogP contribution is 2.43. The van der Waals surface area contributed by atoms with Gasteiger partial charge in [-0.2, -0.15) is 0 Å². The van der Waals surface area contributed by atoms with E-state index in [2.05, 4.69) is 13.8 Å². The molecule has 1 aliphatic heterocycles. The lowest BCUT2D eigenvalue weighted by Gasteiger charge is -2.26. The molecule has 3 aromatic carbocycles. The quantitative estimate of drug-likeness (QED) is 0.247. The summed E-state index contributed by atoms with van der Waals surface area (Å²) in [5.74, 6) is -0.0421. The second-order valence-corrected chi connectivity index (χ2v) is 9.11. The van der Waals surface area contributed by atoms with Crippen LogP contribution in [0.3, 0.4) is 0 Å². The number of carbonyl (C=O) groups is 2. The van der Waals surface area contributed by atoms with Crippen molar-refractivity contribution in [3.8, 4) is 11.5 Å². The van der Waals surface area contributed by atoms with Gasteiger partial charge in [-0.05, 0) is 78.9 Å². The number of methoxy groups -OCH3 is 1. The van der Waals surface area contributed by atoms with Gasteiger partial charge in [0.1, 0.15) is 17.3 Å². The Morgan fingerprint density at radius 3 is 2.36 bits per heavy atom. The Morgan fingerprint density at radius 2 is 1.75 bits per heavy atom. The van der Waals surface area contributed by atoms with E-state index < -0.39 is 17.7 Å². The molecule has 0 aromatic heterocycles. The van der Waals surface area contributed by atoms with E-state index in [0.29, 0.717) is 40.8 Å². The summed E-state index contributed by atoms with van der Waals surface area (Å²) >= 11 is 0. The van der Waals surface area contributed by atoms with Crippen LogP contribution in [0.5, 0.6) is 11.5 Å². The minimum atomic E-state index is -0.822. The number of carbonyl (C=O) groups excluding carboxylic acids is 2. The molecule has 3 aromatic rings. The molecule has 1 aliphatic rings. The van der Waals surface area contributed by atoms with Crippen LogP contribution in [-0.2, 0) is 9.59 Å². The summed E-state index contributed by atoms with van der Waals surface area (Å²) < 4.78 is 11.0. The summed E-state index contributed by atoms with van der Waals surface area (Å²) in [5.41, 5.74) is 3.64. The predicted octanol–water partition coefficient (Wildman–Crippen LogP) is 6.15. The third-order valence-electron chi connectivity index (χ3n) is 6.44. The number of aliphatic hydroxyl groups is 1. The molecule has 1 unspecified atom stereocenters. The molecule has 0 bridgehead atoms. The second-order valence-electron chi connectivity index (χ2n) is 9.11. The number of hydrogen-bond donors (Lipinski definition) is 1. The molecule has 1 saturated heterocycles. The van der Waals surface area contributed by atoms with Crippen molar-refractivity contribution >= 4 is 23.1 Å². The lowest BCUT2D eigenvalue weighted by atomic mass is 9.94. The van der Waals surface area contributed by atoms with Gasteiger partial charge in [-0.3, -0.25) is 14.5 Å². The maximum Gasteiger partial charge on any atom is 0.300 e. The van der Waals surface area contributed by atoms with E-state index in [1.165, 1.54) is 4.90 Å². The SMILES string of the molecule is CCOc1cccc(C2/C(=C(\O)c3ccc(OC)c(C)c3)C(=O)C(=O)N2c2ccc(C(C)C)cc2)c1. The van der Waals surface area contributed by atoms with Crippen molar-refractivity contribution < 1.29 is 24.2 Å². The first-order chi connectivity index (χ1) is 17.3. The van der Waals surface area contributed by atoms with Gasteiger partial charge in [0, 0.05) is 11.3 Å². The highest BCUT2D eigenvalue weighted by atomic mass is 16.5. The third-order valence-corrected chi connectivity index (χ3v) is 6.44. The smallest absolute Gasteiger partial charge is 0.300 e. The maximum absolute atomic E-state index is 13.4. The average molecular weight is 486 g/mol. The summed E-state index contributed by atoms with van der Waals surface area (Å²) in [5, 5.41) is 11.4. The fourth-order valence-corrected chi connectivity index (χ4v) is 4.56. The molecular weight excluding hydrogens is 454 g/mol. The first-order valence-corrected chi connectivity index (χ1v) is 12.1. The average Bonchev–Trinajstić information content (AvgIpc) is 3.14. The number of ketones is 1. The Kier molecular flexibility index (Phi) is 7.15. The molecule has 1 fully saturated rings. The summed E-state index contributed by atoms with van der Waals surface area (Å²) in [6.45, 7) is 8.41. The molecule has 0 radical (unpaired) electrons. The van der Waals surface area contributed by atoms with Crippen LogP contribution >= 0.6 is 0 Å². The van der Waals surface area contributed by atoms with Gasteiger partial charge in [-0.25, -0.2) is 0 Å². The highest BCUT2D eigenvalue weighted by Gasteiger charge is 2.47. The van der Waals surface area contributed by atoms with Crippen LogP contribution < -0.4 is 14.4 Å². The largest absolute Gasteiger partial charge is 0.507 e. The molecule has 36 heavy (non-hydrogen) atoms. The number of anilines is 1. The van der Waals surface area contributed by atoms with Crippen LogP contribution in [-0.4, -0.2) is 30.5 Å². The van der Waals surface area contributed by atoms with Gasteiger partial charge in [-0.1, -0.05) is 38.1 Å². The predicted molar refractivity (Wildman–Crippen MR) is 141 cm³/mol. The van der Waals surface area contributed by atoms with Gasteiger partial charge < -0.3 is 14.6 Å². The third kappa shape index (κ3) is 4.59. The van der Waals surface area contributed by atoms with Crippen molar-refractivity contribution in [1.82, 2.24) is 0 Å². The van der Waals surface area contributed by atoms with E-state index in [4.69, 9.17) is 9.47 Å². The molecule has 186 valence electrons. The molecule has 1 heterocycles. The van der Waals surface area contributed by atoms with Crippen molar-refractivity contribution in [2.75, 3.05) is 18.6 Å². The van der Waals surface area contributed by atoms with Gasteiger partial charge >= 0.3 is 0 Å². The Labute approximate surface area is 211 Å². The first kappa shape index (κ1) is 25.0. The fraction of sp³-hybridized carbons (Fsp3) is 0.267. The Morgan fingerprint density at radius 1 is 1.03 bits per heavy atom. The van der Waals surface area contributed by atoms with Gasteiger partial charge in [0.2, 0.25) is 0 Å². The number of Topliss-reactive ketones (excluding diaryl/α,β-unsaturated/α-hetero) is 1. The zero-order valence-electron chi connectivity index (χ0n) is 21.2. The number of ether oxygens (including phenoxy) is 2. The van der Waals surface area contributed by atoms with E-state index in [0.717, 1.165) is 11.1 Å². The molecule has 4 rings (SSSR count). The zero-order valence-corrected chi connectivity index (χ0v) is 21.2. The van der Waals surface area contributed by atoms with Crippen LogP contribution in [0.15, 0.2) is 72.3 Å². The van der Waals surface area contributed by atoms with E-state index in [9.17, 15) is 14.7 Å². The summed E-state index contributed by atoms with van der Waals surface area (Å²) in [6.07, 6.45) is 0. The fourth-order valence-electron chi connectivity index (χ4n) is 4.56. The van der Waals surface area contributed by atoms with Gasteiger partial charge in [0.15, 0.2) is 0 Å². The molecule has 6 heteroatoms. The molecule has 0 spiro atoms. The number of nitrogens with zero attached hydrogens (tertiary/aromatic N) is 1. The topological polar surface area (TPSA) is 76.1 Å². The van der Waals surface area contributed by atoms with E-state index in [1.807, 2.05) is 62.4 Å². The second kappa shape index (κ2) is 10.3. The monoisotopic (exact) mass is 485 g/mol. The maximum atomic E-state index is 13.4. The highest BCUT2D eigenvalue weighted by molar-refractivity contribution is 6.51. The van der Waals surface area contributed by atoms with Crippen molar-refractivity contribution in [3.05, 3.63) is 94.6 Å². The molecule has 0 saturated carbocycles. The number of benzene rings is 3. The minimum absolute atomic E-state index is 0.0335. The van der Waals surface area contributed by atoms with Gasteiger partial charge in [0.25, 0.3) is 11.7 Å². The minimum Gasteiger partial charge on any atom is -0.507 e. The Bertz CT molecular complexity index is 1320. The summed E-state index contributed by atoms with van der Waals surface area (Å²) in [4.78, 5) is 28.3. The molecular formula is C30H31NO5. The Hall–Kier alpha value is -4.06. The van der Waals surface area contributed by atoms with Crippen molar-refractivity contribution in [2.24, 2.45) is 0 Å². The van der Waals surface area contributed by atoms with Gasteiger partial charge in [0.05, 0.1) is 25.3 Å². The molecule has 1 amide bonds. The van der Waals surface area contributed by atoms with Crippen LogP contribution in [0.2, 0.25) is 0 Å². The number of rotatable bonds is 7. The lowest BCUT2D eigenvalue weighted by Crippen LogP contribution is -2.29. The van der Waals surface area contributed by atoms with Crippen LogP contribution in [0, 0.1) is 6.92 Å². The summed E-state index contributed by atoms with van der Waals surface area (Å²) in [7, 11) is 1.57. The molecule has 1 N–H and O–H groups in total. The van der Waals surface area contributed by atoms with Crippen molar-refractivity contribution in [3.63, 3.8) is 0 Å². The summed E-state index contributed by atoms with van der Waals surface area (Å²) in [6, 6.07) is 19.2. The van der Waals surface area contributed by atoms with Crippen molar-refractivity contribution in [1.29, 1.82) is 0 Å². The van der Waals surface area contributed by atoms with Crippen LogP contribution in [0.4, 0.5) is 5.69 Å². The number of hydrogen-bond acceptors (Lipinski definition) is 5. The van der Waals surface area contributed by atoms with E-state index >= 15 is 0 Å². The number of amides is 1. The van der Waals surface area contributed by atoms with Crippen LogP contribution in [0.1, 0.15) is 55.0 Å². The number of aryl methyl sites for hydroxylation is 1. The van der Waals surface area contributed by atoms with Crippen LogP contribution in [0.25, 0.3) is 5.76 Å². The number of aliphatic hydroxyl groups excluding tert-OH is 1. The lowest BCUT2D eigenvalue weighted by molar-refractivity contribution is -0.132. The normalized spacial score (nSPS) is 17.1. The zero-order chi connectivity index (χ0) is 26.0. The molecule has 0 aliphatic carbocycles.